The quantitative estimate of drug-likeness (QED) is 0.600. The molecule has 0 heterocycles. The maximum Gasteiger partial charge on any atom is 0.0251 e. The molecule has 0 saturated carbocycles. The van der Waals surface area contributed by atoms with Crippen LogP contribution in [0.2, 0.25) is 0 Å². The summed E-state index contributed by atoms with van der Waals surface area (Å²) in [5, 5.41) is 0. The van der Waals surface area contributed by atoms with E-state index in [9.17, 15) is 0 Å². The molecule has 0 aliphatic rings. The van der Waals surface area contributed by atoms with Crippen LogP contribution in [0.25, 0.3) is 0 Å². The average Bonchev–Trinajstić information content (AvgIpc) is 2.51. The molecule has 3 N–H and O–H groups in total. The van der Waals surface area contributed by atoms with Gasteiger partial charge in [-0.1, -0.05) is 54.1 Å². The standard InChI is InChI=1S/C19H26N2/c1-15-11-12-16(2)18(13-15)14-19(21-20)10-6-9-17-7-4-3-5-8-17/h3-5,7-8,11-13,19,21H,6,9-10,14,20H2,1-2H3. The van der Waals surface area contributed by atoms with Crippen molar-refractivity contribution in [1.29, 1.82) is 0 Å². The van der Waals surface area contributed by atoms with Crippen LogP contribution in [-0.2, 0) is 12.8 Å². The zero-order valence-electron chi connectivity index (χ0n) is 13.1. The van der Waals surface area contributed by atoms with E-state index < -0.39 is 0 Å². The molecule has 1 unspecified atom stereocenters. The normalized spacial score (nSPS) is 12.3. The largest absolute Gasteiger partial charge is 0.271 e. The number of hydrazine groups is 1. The van der Waals surface area contributed by atoms with Crippen LogP contribution in [-0.4, -0.2) is 6.04 Å². The smallest absolute Gasteiger partial charge is 0.0251 e. The molecular formula is C19H26N2. The minimum absolute atomic E-state index is 0.342. The van der Waals surface area contributed by atoms with Crippen LogP contribution in [0.5, 0.6) is 0 Å². The van der Waals surface area contributed by atoms with Crippen molar-refractivity contribution in [2.75, 3.05) is 0 Å². The van der Waals surface area contributed by atoms with Crippen LogP contribution in [0.1, 0.15) is 35.1 Å². The van der Waals surface area contributed by atoms with E-state index in [0.717, 1.165) is 25.7 Å². The number of nitrogens with one attached hydrogen (secondary N) is 1. The van der Waals surface area contributed by atoms with Crippen molar-refractivity contribution in [1.82, 2.24) is 5.43 Å². The monoisotopic (exact) mass is 282 g/mol. The Kier molecular flexibility index (Phi) is 5.97. The first-order chi connectivity index (χ1) is 10.2. The van der Waals surface area contributed by atoms with Crippen molar-refractivity contribution in [3.05, 3.63) is 70.8 Å². The molecule has 21 heavy (non-hydrogen) atoms. The second-order valence-corrected chi connectivity index (χ2v) is 5.88. The molecule has 0 radical (unpaired) electrons. The third-order valence-electron chi connectivity index (χ3n) is 4.07. The van der Waals surface area contributed by atoms with Crippen molar-refractivity contribution < 1.29 is 0 Å². The molecule has 0 spiro atoms. The molecule has 0 fully saturated rings. The molecule has 0 amide bonds. The van der Waals surface area contributed by atoms with Gasteiger partial charge in [0, 0.05) is 6.04 Å². The lowest BCUT2D eigenvalue weighted by atomic mass is 9.96. The van der Waals surface area contributed by atoms with Crippen LogP contribution in [0.4, 0.5) is 0 Å². The highest BCUT2D eigenvalue weighted by Crippen LogP contribution is 2.15. The highest BCUT2D eigenvalue weighted by molar-refractivity contribution is 5.31. The highest BCUT2D eigenvalue weighted by atomic mass is 15.2. The van der Waals surface area contributed by atoms with Gasteiger partial charge in [-0.05, 0) is 56.2 Å². The summed E-state index contributed by atoms with van der Waals surface area (Å²) < 4.78 is 0. The lowest BCUT2D eigenvalue weighted by Crippen LogP contribution is -2.37. The first-order valence-electron chi connectivity index (χ1n) is 7.75. The summed E-state index contributed by atoms with van der Waals surface area (Å²) in [4.78, 5) is 0. The van der Waals surface area contributed by atoms with Crippen LogP contribution in [0, 0.1) is 13.8 Å². The Labute approximate surface area is 128 Å². The van der Waals surface area contributed by atoms with Gasteiger partial charge in [0.05, 0.1) is 0 Å². The Balaban J connectivity index is 1.87. The van der Waals surface area contributed by atoms with Gasteiger partial charge in [0.25, 0.3) is 0 Å². The highest BCUT2D eigenvalue weighted by Gasteiger charge is 2.09. The molecule has 2 rings (SSSR count). The first kappa shape index (κ1) is 15.7. The Hall–Kier alpha value is -1.64. The summed E-state index contributed by atoms with van der Waals surface area (Å²) in [6, 6.07) is 17.6. The fourth-order valence-electron chi connectivity index (χ4n) is 2.73. The van der Waals surface area contributed by atoms with Crippen molar-refractivity contribution in [3.8, 4) is 0 Å². The van der Waals surface area contributed by atoms with Crippen molar-refractivity contribution in [2.24, 2.45) is 5.84 Å². The third-order valence-corrected chi connectivity index (χ3v) is 4.07. The van der Waals surface area contributed by atoms with Gasteiger partial charge in [-0.2, -0.15) is 0 Å². The van der Waals surface area contributed by atoms with E-state index in [1.54, 1.807) is 0 Å². The number of benzene rings is 2. The van der Waals surface area contributed by atoms with E-state index in [1.165, 1.54) is 22.3 Å². The molecule has 2 aromatic rings. The van der Waals surface area contributed by atoms with Gasteiger partial charge < -0.3 is 0 Å². The van der Waals surface area contributed by atoms with E-state index in [4.69, 9.17) is 5.84 Å². The maximum atomic E-state index is 5.74. The molecule has 2 aromatic carbocycles. The Morgan fingerprint density at radius 3 is 2.52 bits per heavy atom. The molecule has 112 valence electrons. The Morgan fingerprint density at radius 1 is 1.05 bits per heavy atom. The predicted molar refractivity (Wildman–Crippen MR) is 90.1 cm³/mol. The third kappa shape index (κ3) is 5.00. The summed E-state index contributed by atoms with van der Waals surface area (Å²) in [5.74, 6) is 5.74. The zero-order valence-corrected chi connectivity index (χ0v) is 13.1. The molecule has 0 bridgehead atoms. The summed E-state index contributed by atoms with van der Waals surface area (Å²) in [5.41, 5.74) is 8.45. The molecule has 2 nitrogen and oxygen atoms in total. The van der Waals surface area contributed by atoms with Gasteiger partial charge in [-0.15, -0.1) is 0 Å². The molecule has 0 saturated heterocycles. The molecule has 0 aromatic heterocycles. The predicted octanol–water partition coefficient (Wildman–Crippen LogP) is 3.70. The second kappa shape index (κ2) is 7.96. The van der Waals surface area contributed by atoms with Crippen LogP contribution < -0.4 is 11.3 Å². The van der Waals surface area contributed by atoms with Gasteiger partial charge in [-0.3, -0.25) is 11.3 Å². The fourth-order valence-corrected chi connectivity index (χ4v) is 2.73. The Morgan fingerprint density at radius 2 is 1.81 bits per heavy atom. The van der Waals surface area contributed by atoms with Crippen molar-refractivity contribution in [3.63, 3.8) is 0 Å². The SMILES string of the molecule is Cc1ccc(C)c(CC(CCCc2ccccc2)NN)c1. The fraction of sp³-hybridized carbons (Fsp3) is 0.368. The minimum atomic E-state index is 0.342. The van der Waals surface area contributed by atoms with E-state index in [-0.39, 0.29) is 0 Å². The lowest BCUT2D eigenvalue weighted by Gasteiger charge is -2.17. The van der Waals surface area contributed by atoms with E-state index in [0.29, 0.717) is 6.04 Å². The maximum absolute atomic E-state index is 5.74. The van der Waals surface area contributed by atoms with Gasteiger partial charge in [-0.25, -0.2) is 0 Å². The van der Waals surface area contributed by atoms with Gasteiger partial charge in [0.15, 0.2) is 0 Å². The zero-order chi connectivity index (χ0) is 15.1. The van der Waals surface area contributed by atoms with E-state index in [2.05, 4.69) is 67.8 Å². The lowest BCUT2D eigenvalue weighted by molar-refractivity contribution is 0.475. The molecular weight excluding hydrogens is 256 g/mol. The molecule has 1 atom stereocenters. The minimum Gasteiger partial charge on any atom is -0.271 e. The summed E-state index contributed by atoms with van der Waals surface area (Å²) in [6.07, 6.45) is 4.37. The summed E-state index contributed by atoms with van der Waals surface area (Å²) in [7, 11) is 0. The number of aryl methyl sites for hydroxylation is 3. The summed E-state index contributed by atoms with van der Waals surface area (Å²) in [6.45, 7) is 4.32. The van der Waals surface area contributed by atoms with Crippen LogP contribution in [0.15, 0.2) is 48.5 Å². The van der Waals surface area contributed by atoms with Crippen molar-refractivity contribution >= 4 is 0 Å². The van der Waals surface area contributed by atoms with Gasteiger partial charge >= 0.3 is 0 Å². The van der Waals surface area contributed by atoms with Crippen molar-refractivity contribution in [2.45, 2.75) is 45.6 Å². The van der Waals surface area contributed by atoms with Crippen LogP contribution in [0.3, 0.4) is 0 Å². The number of hydrogen-bond donors (Lipinski definition) is 2. The van der Waals surface area contributed by atoms with E-state index in [1.807, 2.05) is 0 Å². The topological polar surface area (TPSA) is 38.0 Å². The summed E-state index contributed by atoms with van der Waals surface area (Å²) >= 11 is 0. The first-order valence-corrected chi connectivity index (χ1v) is 7.75. The molecule has 2 heteroatoms. The molecule has 0 aliphatic heterocycles. The van der Waals surface area contributed by atoms with Gasteiger partial charge in [0.2, 0.25) is 0 Å². The second-order valence-electron chi connectivity index (χ2n) is 5.88. The number of hydrogen-bond acceptors (Lipinski definition) is 2. The van der Waals surface area contributed by atoms with Crippen LogP contribution >= 0.6 is 0 Å². The number of rotatable bonds is 7. The number of nitrogens with two attached hydrogens (primary N) is 1. The average molecular weight is 282 g/mol. The van der Waals surface area contributed by atoms with Gasteiger partial charge in [0.1, 0.15) is 0 Å². The Bertz CT molecular complexity index is 549. The van der Waals surface area contributed by atoms with E-state index >= 15 is 0 Å². The molecule has 0 aliphatic carbocycles.